The molecule has 1 unspecified atom stereocenters. The molecular formula is C22H33N5O4. The van der Waals surface area contributed by atoms with Crippen LogP contribution in [0.2, 0.25) is 0 Å². The van der Waals surface area contributed by atoms with Crippen LogP contribution in [0.15, 0.2) is 0 Å². The fraction of sp³-hybridized carbons (Fsp3) is 0.727. The van der Waals surface area contributed by atoms with E-state index < -0.39 is 12.1 Å². The molecule has 0 saturated carbocycles. The summed E-state index contributed by atoms with van der Waals surface area (Å²) in [5.74, 6) is 1.49. The Bertz CT molecular complexity index is 853. The molecule has 31 heavy (non-hydrogen) atoms. The van der Waals surface area contributed by atoms with Crippen molar-refractivity contribution in [1.82, 2.24) is 14.9 Å². The van der Waals surface area contributed by atoms with Gasteiger partial charge < -0.3 is 25.0 Å². The van der Waals surface area contributed by atoms with E-state index >= 15 is 0 Å². The summed E-state index contributed by atoms with van der Waals surface area (Å²) in [5.41, 5.74) is 2.19. The number of carbonyl (C=O) groups excluding carboxylic acids is 1. The quantitative estimate of drug-likeness (QED) is 0.662. The number of hydrogen-bond donors (Lipinski definition) is 2. The van der Waals surface area contributed by atoms with Crippen molar-refractivity contribution in [3.8, 4) is 0 Å². The highest BCUT2D eigenvalue weighted by Crippen LogP contribution is 2.41. The Kier molecular flexibility index (Phi) is 5.94. The molecular weight excluding hydrogens is 398 g/mol. The number of nitrogens with one attached hydrogen (secondary N) is 1. The van der Waals surface area contributed by atoms with Crippen LogP contribution in [0.1, 0.15) is 50.8 Å². The van der Waals surface area contributed by atoms with Gasteiger partial charge in [-0.1, -0.05) is 13.8 Å². The minimum atomic E-state index is -0.848. The highest BCUT2D eigenvalue weighted by Gasteiger charge is 2.50. The van der Waals surface area contributed by atoms with E-state index in [9.17, 15) is 14.7 Å². The SMILES string of the molecule is COC(=O)C(CC(C)C)Nc1nc(N2CCC3(CN(C(=O)O)C3)C2)nc2c1CCCC2. The molecule has 0 bridgehead atoms. The number of amides is 1. The summed E-state index contributed by atoms with van der Waals surface area (Å²) in [6.07, 6.45) is 4.78. The lowest BCUT2D eigenvalue weighted by Crippen LogP contribution is -2.59. The topological polar surface area (TPSA) is 108 Å². The normalized spacial score (nSPS) is 20.4. The zero-order valence-corrected chi connectivity index (χ0v) is 18.7. The van der Waals surface area contributed by atoms with Crippen molar-refractivity contribution in [3.05, 3.63) is 11.3 Å². The second-order valence-electron chi connectivity index (χ2n) is 9.66. The van der Waals surface area contributed by atoms with Gasteiger partial charge in [-0.3, -0.25) is 0 Å². The monoisotopic (exact) mass is 431 g/mol. The number of carboxylic acid groups (broad SMARTS) is 1. The molecule has 0 aromatic carbocycles. The van der Waals surface area contributed by atoms with Gasteiger partial charge in [-0.2, -0.15) is 4.98 Å². The van der Waals surface area contributed by atoms with Crippen molar-refractivity contribution in [2.45, 2.75) is 58.4 Å². The van der Waals surface area contributed by atoms with Crippen molar-refractivity contribution in [2.24, 2.45) is 11.3 Å². The van der Waals surface area contributed by atoms with Crippen LogP contribution in [-0.4, -0.2) is 71.4 Å². The smallest absolute Gasteiger partial charge is 0.407 e. The van der Waals surface area contributed by atoms with Crippen LogP contribution in [0.4, 0.5) is 16.6 Å². The molecule has 2 saturated heterocycles. The van der Waals surface area contributed by atoms with Gasteiger partial charge in [0.15, 0.2) is 0 Å². The maximum Gasteiger partial charge on any atom is 0.407 e. The number of anilines is 2. The lowest BCUT2D eigenvalue weighted by atomic mass is 9.79. The van der Waals surface area contributed by atoms with Crippen LogP contribution in [0.5, 0.6) is 0 Å². The van der Waals surface area contributed by atoms with Gasteiger partial charge in [0.1, 0.15) is 11.9 Å². The molecule has 0 radical (unpaired) electrons. The van der Waals surface area contributed by atoms with Crippen LogP contribution < -0.4 is 10.2 Å². The summed E-state index contributed by atoms with van der Waals surface area (Å²) in [7, 11) is 1.42. The van der Waals surface area contributed by atoms with Gasteiger partial charge in [-0.15, -0.1) is 0 Å². The van der Waals surface area contributed by atoms with E-state index in [1.807, 2.05) is 0 Å². The predicted molar refractivity (Wildman–Crippen MR) is 116 cm³/mol. The molecule has 2 N–H and O–H groups in total. The number of esters is 1. The zero-order valence-electron chi connectivity index (χ0n) is 18.7. The number of hydrogen-bond acceptors (Lipinski definition) is 7. The molecule has 4 rings (SSSR count). The molecule has 1 aliphatic carbocycles. The highest BCUT2D eigenvalue weighted by atomic mass is 16.5. The van der Waals surface area contributed by atoms with Crippen molar-refractivity contribution >= 4 is 23.8 Å². The lowest BCUT2D eigenvalue weighted by Gasteiger charge is -2.46. The van der Waals surface area contributed by atoms with E-state index in [-0.39, 0.29) is 11.4 Å². The maximum atomic E-state index is 12.4. The third-order valence-corrected chi connectivity index (χ3v) is 6.72. The molecule has 3 aliphatic rings. The number of ether oxygens (including phenoxy) is 1. The van der Waals surface area contributed by atoms with E-state index in [1.165, 1.54) is 12.0 Å². The minimum Gasteiger partial charge on any atom is -0.467 e. The van der Waals surface area contributed by atoms with Gasteiger partial charge in [0.05, 0.1) is 12.8 Å². The van der Waals surface area contributed by atoms with Crippen LogP contribution in [0, 0.1) is 11.3 Å². The first-order valence-corrected chi connectivity index (χ1v) is 11.3. The number of aromatic nitrogens is 2. The zero-order chi connectivity index (χ0) is 22.2. The number of likely N-dealkylation sites (tertiary alicyclic amines) is 1. The fourth-order valence-corrected chi connectivity index (χ4v) is 5.10. The van der Waals surface area contributed by atoms with Gasteiger partial charge in [0.2, 0.25) is 5.95 Å². The van der Waals surface area contributed by atoms with Crippen LogP contribution in [-0.2, 0) is 22.4 Å². The summed E-state index contributed by atoms with van der Waals surface area (Å²) >= 11 is 0. The third-order valence-electron chi connectivity index (χ3n) is 6.72. The molecule has 1 spiro atoms. The minimum absolute atomic E-state index is 0.0113. The Morgan fingerprint density at radius 1 is 1.19 bits per heavy atom. The summed E-state index contributed by atoms with van der Waals surface area (Å²) < 4.78 is 5.03. The lowest BCUT2D eigenvalue weighted by molar-refractivity contribution is -0.141. The molecule has 1 aromatic rings. The first-order valence-electron chi connectivity index (χ1n) is 11.3. The first kappa shape index (κ1) is 21.6. The van der Waals surface area contributed by atoms with Crippen LogP contribution in [0.3, 0.4) is 0 Å². The second kappa shape index (κ2) is 8.51. The Morgan fingerprint density at radius 3 is 2.61 bits per heavy atom. The average molecular weight is 432 g/mol. The molecule has 9 heteroatoms. The average Bonchev–Trinajstić information content (AvgIpc) is 3.17. The molecule has 2 aliphatic heterocycles. The van der Waals surface area contributed by atoms with Gasteiger partial charge in [0, 0.05) is 37.2 Å². The summed E-state index contributed by atoms with van der Waals surface area (Å²) in [5, 5.41) is 12.6. The van der Waals surface area contributed by atoms with E-state index in [2.05, 4.69) is 24.1 Å². The summed E-state index contributed by atoms with van der Waals surface area (Å²) in [6.45, 7) is 6.91. The van der Waals surface area contributed by atoms with Gasteiger partial charge in [-0.25, -0.2) is 14.6 Å². The number of rotatable bonds is 6. The largest absolute Gasteiger partial charge is 0.467 e. The molecule has 1 atom stereocenters. The van der Waals surface area contributed by atoms with Crippen molar-refractivity contribution < 1.29 is 19.4 Å². The number of nitrogens with zero attached hydrogens (tertiary/aromatic N) is 4. The van der Waals surface area contributed by atoms with E-state index in [0.717, 1.165) is 62.3 Å². The molecule has 2 fully saturated rings. The number of fused-ring (bicyclic) bond motifs is 1. The van der Waals surface area contributed by atoms with Gasteiger partial charge in [-0.05, 0) is 44.4 Å². The Labute approximate surface area is 183 Å². The van der Waals surface area contributed by atoms with Crippen molar-refractivity contribution in [3.63, 3.8) is 0 Å². The van der Waals surface area contributed by atoms with Gasteiger partial charge in [0.25, 0.3) is 0 Å². The molecule has 1 amide bonds. The Morgan fingerprint density at radius 2 is 1.94 bits per heavy atom. The molecule has 1 aromatic heterocycles. The van der Waals surface area contributed by atoms with Gasteiger partial charge >= 0.3 is 12.1 Å². The summed E-state index contributed by atoms with van der Waals surface area (Å²) in [6, 6.07) is -0.445. The fourth-order valence-electron chi connectivity index (χ4n) is 5.10. The predicted octanol–water partition coefficient (Wildman–Crippen LogP) is 2.55. The Hall–Kier alpha value is -2.58. The number of carbonyl (C=O) groups is 2. The molecule has 9 nitrogen and oxygen atoms in total. The second-order valence-corrected chi connectivity index (χ2v) is 9.66. The van der Waals surface area contributed by atoms with E-state index in [0.29, 0.717) is 31.4 Å². The summed E-state index contributed by atoms with van der Waals surface area (Å²) in [4.78, 5) is 37.0. The highest BCUT2D eigenvalue weighted by molar-refractivity contribution is 5.79. The Balaban J connectivity index is 1.57. The van der Waals surface area contributed by atoms with E-state index in [1.54, 1.807) is 0 Å². The van der Waals surface area contributed by atoms with Crippen molar-refractivity contribution in [2.75, 3.05) is 43.5 Å². The maximum absolute atomic E-state index is 12.4. The standard InChI is InChI=1S/C22H33N5O4/c1-14(2)10-17(19(28)31-3)23-18-15-6-4-5-7-16(15)24-20(25-18)26-9-8-22(11-26)12-27(13-22)21(29)30/h14,17H,4-13H2,1-3H3,(H,29,30)(H,23,24,25). The number of methoxy groups -OCH3 is 1. The van der Waals surface area contributed by atoms with Crippen LogP contribution in [0.25, 0.3) is 0 Å². The number of aryl methyl sites for hydroxylation is 1. The van der Waals surface area contributed by atoms with E-state index in [4.69, 9.17) is 14.7 Å². The third kappa shape index (κ3) is 4.41. The van der Waals surface area contributed by atoms with Crippen LogP contribution >= 0.6 is 0 Å². The molecule has 170 valence electrons. The first-order chi connectivity index (χ1) is 14.8. The molecule has 3 heterocycles. The van der Waals surface area contributed by atoms with Crippen molar-refractivity contribution in [1.29, 1.82) is 0 Å².